The predicted octanol–water partition coefficient (Wildman–Crippen LogP) is 19.6. The second kappa shape index (κ2) is 61.3. The maximum absolute atomic E-state index is 13.0. The van der Waals surface area contributed by atoms with Crippen LogP contribution in [0.1, 0.15) is 350 Å². The summed E-state index contributed by atoms with van der Waals surface area (Å²) in [6.07, 6.45) is 45.6. The van der Waals surface area contributed by atoms with Crippen molar-refractivity contribution >= 4 is 39.5 Å². The van der Waals surface area contributed by atoms with E-state index in [1.165, 1.54) is 167 Å². The summed E-state index contributed by atoms with van der Waals surface area (Å²) in [6.45, 7) is 9.51. The standard InChI is InChI=1S/C69H134O17P2/c1-7-10-12-14-16-18-20-21-22-23-27-35-41-47-53-68(73)85-64(57-80-67(72)52-46-40-34-28-24-25-31-37-43-49-61(4)5)59-83-87(75,76)81-55-63(70)56-82-88(77,78)84-60-65(58-79-66(71)51-45-39-33-26-19-17-15-13-11-8-2)86-69(74)54-48-42-36-30-29-32-38-44-50-62(6)9-3/h61-65,70H,7-60H2,1-6H3,(H,75,76)(H,77,78)/t62?,63-,64-,65-/m1/s1. The molecule has 0 radical (unpaired) electrons. The summed E-state index contributed by atoms with van der Waals surface area (Å²) >= 11 is 0. The minimum absolute atomic E-state index is 0.105. The van der Waals surface area contributed by atoms with Gasteiger partial charge in [-0.3, -0.25) is 37.3 Å². The van der Waals surface area contributed by atoms with Crippen LogP contribution in [0.3, 0.4) is 0 Å². The van der Waals surface area contributed by atoms with E-state index in [-0.39, 0.29) is 25.7 Å². The first-order chi connectivity index (χ1) is 42.4. The van der Waals surface area contributed by atoms with Gasteiger partial charge in [-0.1, -0.05) is 298 Å². The normalized spacial score (nSPS) is 14.5. The van der Waals surface area contributed by atoms with Crippen LogP contribution in [0, 0.1) is 11.8 Å². The van der Waals surface area contributed by atoms with E-state index < -0.39 is 97.5 Å². The minimum atomic E-state index is -4.95. The molecule has 0 heterocycles. The second-order valence-electron chi connectivity index (χ2n) is 25.6. The van der Waals surface area contributed by atoms with E-state index >= 15 is 0 Å². The number of aliphatic hydroxyl groups excluding tert-OH is 1. The smallest absolute Gasteiger partial charge is 0.462 e. The van der Waals surface area contributed by atoms with Gasteiger partial charge in [0.2, 0.25) is 0 Å². The number of aliphatic hydroxyl groups is 1. The van der Waals surface area contributed by atoms with Crippen LogP contribution in [0.5, 0.6) is 0 Å². The zero-order chi connectivity index (χ0) is 65.0. The Morgan fingerprint density at radius 1 is 0.330 bits per heavy atom. The van der Waals surface area contributed by atoms with Crippen molar-refractivity contribution in [1.29, 1.82) is 0 Å². The summed E-state index contributed by atoms with van der Waals surface area (Å²) in [5.74, 6) is -0.612. The molecule has 522 valence electrons. The number of esters is 4. The number of carbonyl (C=O) groups excluding carboxylic acids is 4. The van der Waals surface area contributed by atoms with Crippen molar-refractivity contribution < 1.29 is 80.2 Å². The molecule has 6 atom stereocenters. The molecular formula is C69H134O17P2. The predicted molar refractivity (Wildman–Crippen MR) is 354 cm³/mol. The van der Waals surface area contributed by atoms with Crippen LogP contribution in [0.4, 0.5) is 0 Å². The third-order valence-electron chi connectivity index (χ3n) is 16.3. The van der Waals surface area contributed by atoms with Gasteiger partial charge in [0.25, 0.3) is 0 Å². The number of phosphoric acid groups is 2. The highest BCUT2D eigenvalue weighted by Gasteiger charge is 2.30. The number of ether oxygens (including phenoxy) is 4. The minimum Gasteiger partial charge on any atom is -0.462 e. The van der Waals surface area contributed by atoms with E-state index in [2.05, 4.69) is 41.5 Å². The Kier molecular flexibility index (Phi) is 59.9. The average Bonchev–Trinajstić information content (AvgIpc) is 3.64. The van der Waals surface area contributed by atoms with E-state index in [0.717, 1.165) is 102 Å². The van der Waals surface area contributed by atoms with Crippen LogP contribution in [0.25, 0.3) is 0 Å². The molecular weight excluding hydrogens is 1160 g/mol. The fourth-order valence-electron chi connectivity index (χ4n) is 10.4. The molecule has 0 aliphatic heterocycles. The van der Waals surface area contributed by atoms with Gasteiger partial charge in [-0.2, -0.15) is 0 Å². The summed E-state index contributed by atoms with van der Waals surface area (Å²) < 4.78 is 68.2. The van der Waals surface area contributed by atoms with Crippen molar-refractivity contribution in [3.63, 3.8) is 0 Å². The molecule has 88 heavy (non-hydrogen) atoms. The molecule has 3 unspecified atom stereocenters. The van der Waals surface area contributed by atoms with Gasteiger partial charge in [-0.05, 0) is 37.5 Å². The Labute approximate surface area is 537 Å². The maximum atomic E-state index is 13.0. The molecule has 19 heteroatoms. The van der Waals surface area contributed by atoms with Crippen LogP contribution in [-0.2, 0) is 65.4 Å². The molecule has 0 spiro atoms. The highest BCUT2D eigenvalue weighted by molar-refractivity contribution is 7.47. The van der Waals surface area contributed by atoms with Crippen LogP contribution in [0.15, 0.2) is 0 Å². The van der Waals surface area contributed by atoms with Gasteiger partial charge >= 0.3 is 39.5 Å². The Morgan fingerprint density at radius 2 is 0.580 bits per heavy atom. The van der Waals surface area contributed by atoms with Gasteiger partial charge in [-0.15, -0.1) is 0 Å². The highest BCUT2D eigenvalue weighted by Crippen LogP contribution is 2.45. The quantitative estimate of drug-likeness (QED) is 0.0222. The van der Waals surface area contributed by atoms with Gasteiger partial charge in [0.1, 0.15) is 19.3 Å². The summed E-state index contributed by atoms with van der Waals surface area (Å²) in [5, 5.41) is 10.6. The van der Waals surface area contributed by atoms with Gasteiger partial charge in [0.05, 0.1) is 26.4 Å². The molecule has 3 N–H and O–H groups in total. The summed E-state index contributed by atoms with van der Waals surface area (Å²) in [7, 11) is -9.90. The molecule has 0 aromatic heterocycles. The molecule has 0 saturated carbocycles. The molecule has 0 saturated heterocycles. The molecule has 0 aromatic carbocycles. The first kappa shape index (κ1) is 86.1. The van der Waals surface area contributed by atoms with Crippen LogP contribution >= 0.6 is 15.6 Å². The first-order valence-electron chi connectivity index (χ1n) is 36.0. The zero-order valence-electron chi connectivity index (χ0n) is 57.0. The lowest BCUT2D eigenvalue weighted by molar-refractivity contribution is -0.161. The Morgan fingerprint density at radius 3 is 0.864 bits per heavy atom. The largest absolute Gasteiger partial charge is 0.472 e. The zero-order valence-corrected chi connectivity index (χ0v) is 58.8. The molecule has 0 aliphatic rings. The van der Waals surface area contributed by atoms with Gasteiger partial charge in [-0.25, -0.2) is 9.13 Å². The molecule has 0 amide bonds. The van der Waals surface area contributed by atoms with E-state index in [1.54, 1.807) is 0 Å². The monoisotopic (exact) mass is 1300 g/mol. The fraction of sp³-hybridized carbons (Fsp3) is 0.942. The SMILES string of the molecule is CCCCCCCCCCCCCCCCC(=O)O[C@H](COC(=O)CCCCCCCCCCCC(C)C)COP(=O)(O)OC[C@@H](O)COP(=O)(O)OC[C@@H](COC(=O)CCCCCCCCCCCC)OC(=O)CCCCCCCCCCC(C)CC. The summed E-state index contributed by atoms with van der Waals surface area (Å²) in [6, 6.07) is 0. The highest BCUT2D eigenvalue weighted by atomic mass is 31.2. The number of hydrogen-bond donors (Lipinski definition) is 3. The van der Waals surface area contributed by atoms with E-state index in [4.69, 9.17) is 37.0 Å². The molecule has 0 bridgehead atoms. The number of rotatable bonds is 68. The third-order valence-corrected chi connectivity index (χ3v) is 18.2. The lowest BCUT2D eigenvalue weighted by Crippen LogP contribution is -2.30. The summed E-state index contributed by atoms with van der Waals surface area (Å²) in [4.78, 5) is 72.5. The Balaban J connectivity index is 5.26. The van der Waals surface area contributed by atoms with Gasteiger partial charge < -0.3 is 33.8 Å². The average molecular weight is 1300 g/mol. The van der Waals surface area contributed by atoms with Gasteiger partial charge in [0.15, 0.2) is 12.2 Å². The third kappa shape index (κ3) is 61.6. The van der Waals surface area contributed by atoms with Gasteiger partial charge in [0, 0.05) is 25.7 Å². The van der Waals surface area contributed by atoms with Crippen LogP contribution < -0.4 is 0 Å². The topological polar surface area (TPSA) is 237 Å². The number of carbonyl (C=O) groups is 4. The molecule has 17 nitrogen and oxygen atoms in total. The lowest BCUT2D eigenvalue weighted by Gasteiger charge is -2.21. The van der Waals surface area contributed by atoms with Crippen molar-refractivity contribution in [2.45, 2.75) is 368 Å². The number of phosphoric ester groups is 2. The second-order valence-corrected chi connectivity index (χ2v) is 28.5. The van der Waals surface area contributed by atoms with Crippen LogP contribution in [0.2, 0.25) is 0 Å². The van der Waals surface area contributed by atoms with Crippen molar-refractivity contribution in [2.75, 3.05) is 39.6 Å². The lowest BCUT2D eigenvalue weighted by atomic mass is 9.99. The number of unbranched alkanes of at least 4 members (excludes halogenated alkanes) is 37. The van der Waals surface area contributed by atoms with E-state index in [1.807, 2.05) is 0 Å². The Bertz CT molecular complexity index is 1720. The summed E-state index contributed by atoms with van der Waals surface area (Å²) in [5.41, 5.74) is 0. The fourth-order valence-corrected chi connectivity index (χ4v) is 12.0. The van der Waals surface area contributed by atoms with Crippen molar-refractivity contribution in [3.05, 3.63) is 0 Å². The Hall–Kier alpha value is -1.94. The molecule has 0 aromatic rings. The molecule has 0 rings (SSSR count). The molecule has 0 fully saturated rings. The first-order valence-corrected chi connectivity index (χ1v) is 39.0. The van der Waals surface area contributed by atoms with E-state index in [0.29, 0.717) is 25.7 Å². The van der Waals surface area contributed by atoms with Crippen LogP contribution in [-0.4, -0.2) is 96.7 Å². The maximum Gasteiger partial charge on any atom is 0.472 e. The van der Waals surface area contributed by atoms with Crippen molar-refractivity contribution in [1.82, 2.24) is 0 Å². The van der Waals surface area contributed by atoms with Crippen molar-refractivity contribution in [2.24, 2.45) is 11.8 Å². The van der Waals surface area contributed by atoms with E-state index in [9.17, 15) is 43.2 Å². The molecule has 0 aliphatic carbocycles. The van der Waals surface area contributed by atoms with Crippen molar-refractivity contribution in [3.8, 4) is 0 Å². The number of hydrogen-bond acceptors (Lipinski definition) is 15.